The van der Waals surface area contributed by atoms with Crippen molar-refractivity contribution in [3.8, 4) is 17.7 Å². The van der Waals surface area contributed by atoms with E-state index >= 15 is 0 Å². The van der Waals surface area contributed by atoms with Gasteiger partial charge in [-0.3, -0.25) is 9.69 Å². The number of aryl methyl sites for hydroxylation is 2. The van der Waals surface area contributed by atoms with Crippen LogP contribution in [0, 0.1) is 25.2 Å². The van der Waals surface area contributed by atoms with Crippen LogP contribution in [0.3, 0.4) is 0 Å². The number of piperidine rings is 1. The Morgan fingerprint density at radius 3 is 2.60 bits per heavy atom. The van der Waals surface area contributed by atoms with Crippen molar-refractivity contribution in [2.24, 2.45) is 0 Å². The van der Waals surface area contributed by atoms with Gasteiger partial charge in [0.25, 0.3) is 0 Å². The maximum Gasteiger partial charge on any atom is 0.238 e. The van der Waals surface area contributed by atoms with E-state index < -0.39 is 0 Å². The van der Waals surface area contributed by atoms with E-state index in [0.29, 0.717) is 40.4 Å². The third-order valence-corrected chi connectivity index (χ3v) is 6.19. The number of likely N-dealkylation sites (tertiary alicyclic amines) is 1. The van der Waals surface area contributed by atoms with Gasteiger partial charge in [0.05, 0.1) is 28.9 Å². The number of anilines is 2. The molecule has 1 aromatic heterocycles. The second-order valence-corrected chi connectivity index (χ2v) is 9.00. The van der Waals surface area contributed by atoms with Gasteiger partial charge in [-0.2, -0.15) is 10.2 Å². The van der Waals surface area contributed by atoms with Crippen LogP contribution in [0.1, 0.15) is 29.5 Å². The molecule has 9 heteroatoms. The molecule has 0 unspecified atom stereocenters. The Hall–Kier alpha value is -3.67. The lowest BCUT2D eigenvalue weighted by molar-refractivity contribution is -0.117. The van der Waals surface area contributed by atoms with E-state index in [1.54, 1.807) is 36.5 Å². The number of amides is 1. The molecule has 1 fully saturated rings. The van der Waals surface area contributed by atoms with Gasteiger partial charge in [0.15, 0.2) is 0 Å². The first-order valence-corrected chi connectivity index (χ1v) is 11.8. The highest BCUT2D eigenvalue weighted by molar-refractivity contribution is 6.33. The zero-order valence-corrected chi connectivity index (χ0v) is 20.5. The van der Waals surface area contributed by atoms with Crippen LogP contribution in [0.2, 0.25) is 5.02 Å². The molecule has 1 aliphatic rings. The van der Waals surface area contributed by atoms with Gasteiger partial charge in [0, 0.05) is 31.4 Å². The molecular formula is C26H27ClN6O2. The zero-order chi connectivity index (χ0) is 24.8. The molecule has 35 heavy (non-hydrogen) atoms. The molecule has 3 aromatic rings. The number of nitrogens with one attached hydrogen (secondary N) is 2. The van der Waals surface area contributed by atoms with Crippen molar-refractivity contribution in [1.82, 2.24) is 14.9 Å². The van der Waals surface area contributed by atoms with Crippen LogP contribution in [-0.2, 0) is 4.79 Å². The number of para-hydroxylation sites is 1. The normalized spacial score (nSPS) is 14.2. The van der Waals surface area contributed by atoms with Crippen molar-refractivity contribution >= 4 is 29.1 Å². The Kier molecular flexibility index (Phi) is 7.80. The van der Waals surface area contributed by atoms with E-state index in [0.717, 1.165) is 37.1 Å². The molecule has 0 spiro atoms. The molecule has 2 heterocycles. The molecule has 0 aliphatic carbocycles. The number of benzene rings is 2. The second kappa shape index (κ2) is 11.2. The fourth-order valence-electron chi connectivity index (χ4n) is 4.12. The van der Waals surface area contributed by atoms with E-state index in [-0.39, 0.29) is 11.9 Å². The van der Waals surface area contributed by atoms with E-state index in [4.69, 9.17) is 21.6 Å². The van der Waals surface area contributed by atoms with Crippen LogP contribution in [0.25, 0.3) is 0 Å². The van der Waals surface area contributed by atoms with Crippen LogP contribution in [0.15, 0.2) is 48.7 Å². The average molecular weight is 491 g/mol. The third-order valence-electron chi connectivity index (χ3n) is 5.86. The number of ether oxygens (including phenoxy) is 1. The van der Waals surface area contributed by atoms with Crippen molar-refractivity contribution in [2.45, 2.75) is 32.7 Å². The number of hydrogen-bond acceptors (Lipinski definition) is 7. The van der Waals surface area contributed by atoms with Crippen LogP contribution in [0.5, 0.6) is 11.6 Å². The lowest BCUT2D eigenvalue weighted by Gasteiger charge is -2.31. The van der Waals surface area contributed by atoms with Crippen molar-refractivity contribution < 1.29 is 9.53 Å². The van der Waals surface area contributed by atoms with Gasteiger partial charge in [-0.1, -0.05) is 23.7 Å². The maximum absolute atomic E-state index is 12.4. The number of nitriles is 1. The van der Waals surface area contributed by atoms with Gasteiger partial charge >= 0.3 is 0 Å². The van der Waals surface area contributed by atoms with E-state index in [2.05, 4.69) is 31.6 Å². The lowest BCUT2D eigenvalue weighted by Crippen LogP contribution is -2.42. The fourth-order valence-corrected chi connectivity index (χ4v) is 4.31. The van der Waals surface area contributed by atoms with Crippen molar-refractivity contribution in [1.29, 1.82) is 5.26 Å². The summed E-state index contributed by atoms with van der Waals surface area (Å²) in [6.07, 6.45) is 3.39. The first-order valence-electron chi connectivity index (χ1n) is 11.5. The number of rotatable bonds is 7. The van der Waals surface area contributed by atoms with Crippen molar-refractivity contribution in [3.05, 3.63) is 70.4 Å². The van der Waals surface area contributed by atoms with Gasteiger partial charge in [-0.05, 0) is 62.1 Å². The molecule has 0 saturated carbocycles. The Bertz CT molecular complexity index is 1230. The smallest absolute Gasteiger partial charge is 0.238 e. The molecule has 8 nitrogen and oxygen atoms in total. The van der Waals surface area contributed by atoms with Gasteiger partial charge in [0.2, 0.25) is 17.7 Å². The van der Waals surface area contributed by atoms with Crippen molar-refractivity contribution in [2.75, 3.05) is 30.3 Å². The minimum absolute atomic E-state index is 0.0777. The number of carbonyl (C=O) groups is 1. The van der Waals surface area contributed by atoms with Crippen LogP contribution in [-0.4, -0.2) is 46.5 Å². The SMILES string of the molecule is Cc1cc(C#N)cc(C)c1Oc1ccnc(NC2CCN(CC(=O)Nc3ccccc3Cl)CC2)n1. The molecule has 4 rings (SSSR count). The zero-order valence-electron chi connectivity index (χ0n) is 19.7. The molecule has 2 N–H and O–H groups in total. The summed E-state index contributed by atoms with van der Waals surface area (Å²) in [4.78, 5) is 23.4. The molecule has 0 atom stereocenters. The van der Waals surface area contributed by atoms with Gasteiger partial charge in [0.1, 0.15) is 5.75 Å². The first-order chi connectivity index (χ1) is 16.9. The molecule has 1 saturated heterocycles. The van der Waals surface area contributed by atoms with Crippen molar-refractivity contribution in [3.63, 3.8) is 0 Å². The molecular weight excluding hydrogens is 464 g/mol. The first kappa shape index (κ1) is 24.5. The minimum atomic E-state index is -0.0777. The number of nitrogens with zero attached hydrogens (tertiary/aromatic N) is 4. The fraction of sp³-hybridized carbons (Fsp3) is 0.308. The summed E-state index contributed by atoms with van der Waals surface area (Å²) >= 11 is 6.12. The highest BCUT2D eigenvalue weighted by Gasteiger charge is 2.22. The Balaban J connectivity index is 1.29. The summed E-state index contributed by atoms with van der Waals surface area (Å²) in [5, 5.41) is 15.9. The van der Waals surface area contributed by atoms with E-state index in [9.17, 15) is 4.79 Å². The summed E-state index contributed by atoms with van der Waals surface area (Å²) in [5.41, 5.74) is 2.98. The average Bonchev–Trinajstić information content (AvgIpc) is 2.84. The second-order valence-electron chi connectivity index (χ2n) is 8.59. The van der Waals surface area contributed by atoms with Crippen LogP contribution in [0.4, 0.5) is 11.6 Å². The molecule has 0 radical (unpaired) electrons. The number of aromatic nitrogens is 2. The molecule has 2 aromatic carbocycles. The number of hydrogen-bond donors (Lipinski definition) is 2. The van der Waals surface area contributed by atoms with Gasteiger partial charge < -0.3 is 15.4 Å². The number of carbonyl (C=O) groups excluding carboxylic acids is 1. The Labute approximate surface area is 209 Å². The van der Waals surface area contributed by atoms with E-state index in [1.807, 2.05) is 26.0 Å². The Morgan fingerprint density at radius 2 is 1.91 bits per heavy atom. The highest BCUT2D eigenvalue weighted by Crippen LogP contribution is 2.29. The van der Waals surface area contributed by atoms with Gasteiger partial charge in [-0.15, -0.1) is 0 Å². The molecule has 1 amide bonds. The molecule has 180 valence electrons. The topological polar surface area (TPSA) is 103 Å². The summed E-state index contributed by atoms with van der Waals surface area (Å²) in [5.74, 6) is 1.55. The number of halogens is 1. The Morgan fingerprint density at radius 1 is 1.20 bits per heavy atom. The maximum atomic E-state index is 12.4. The third kappa shape index (κ3) is 6.47. The van der Waals surface area contributed by atoms with E-state index in [1.165, 1.54) is 0 Å². The predicted molar refractivity (Wildman–Crippen MR) is 136 cm³/mol. The minimum Gasteiger partial charge on any atom is -0.438 e. The van der Waals surface area contributed by atoms with Crippen LogP contribution < -0.4 is 15.4 Å². The molecule has 0 bridgehead atoms. The van der Waals surface area contributed by atoms with Crippen LogP contribution >= 0.6 is 11.6 Å². The monoisotopic (exact) mass is 490 g/mol. The standard InChI is InChI=1S/C26H27ClN6O2/c1-17-13-19(15-28)14-18(2)25(17)35-24-7-10-29-26(32-24)30-20-8-11-33(12-9-20)16-23(34)31-22-6-4-3-5-21(22)27/h3-7,10,13-14,20H,8-9,11-12,16H2,1-2H3,(H,31,34)(H,29,30,32). The predicted octanol–water partition coefficient (Wildman–Crippen LogP) is 4.93. The molecule has 1 aliphatic heterocycles. The highest BCUT2D eigenvalue weighted by atomic mass is 35.5. The largest absolute Gasteiger partial charge is 0.438 e. The summed E-state index contributed by atoms with van der Waals surface area (Å²) in [7, 11) is 0. The summed E-state index contributed by atoms with van der Waals surface area (Å²) < 4.78 is 6.02. The lowest BCUT2D eigenvalue weighted by atomic mass is 10.1. The summed E-state index contributed by atoms with van der Waals surface area (Å²) in [6.45, 7) is 5.71. The van der Waals surface area contributed by atoms with Gasteiger partial charge in [-0.25, -0.2) is 4.98 Å². The summed E-state index contributed by atoms with van der Waals surface area (Å²) in [6, 6.07) is 14.9. The quantitative estimate of drug-likeness (QED) is 0.484.